The molecule has 13 heavy (non-hydrogen) atoms. The molecule has 0 atom stereocenters. The summed E-state index contributed by atoms with van der Waals surface area (Å²) in [5.41, 5.74) is 12.3. The fourth-order valence-corrected chi connectivity index (χ4v) is 1.38. The van der Waals surface area contributed by atoms with Crippen LogP contribution in [0.1, 0.15) is 0 Å². The summed E-state index contributed by atoms with van der Waals surface area (Å²) >= 11 is 0. The van der Waals surface area contributed by atoms with Crippen LogP contribution < -0.4 is 11.5 Å². The Balaban J connectivity index is 2.94. The zero-order chi connectivity index (χ0) is 9.42. The maximum Gasteiger partial charge on any atom is 0.146 e. The van der Waals surface area contributed by atoms with Gasteiger partial charge >= 0.3 is 0 Å². The minimum absolute atomic E-state index is 0.102. The Morgan fingerprint density at radius 3 is 2.38 bits per heavy atom. The normalized spacial score (nSPS) is 10.5. The second-order valence-electron chi connectivity index (χ2n) is 2.95. The molecule has 0 saturated heterocycles. The molecular formula is C10H10N2O. The van der Waals surface area contributed by atoms with Crippen molar-refractivity contribution < 1.29 is 5.11 Å². The van der Waals surface area contributed by atoms with Crippen LogP contribution in [0.3, 0.4) is 0 Å². The van der Waals surface area contributed by atoms with Gasteiger partial charge in [-0.15, -0.1) is 0 Å². The van der Waals surface area contributed by atoms with Crippen LogP contribution in [-0.2, 0) is 0 Å². The van der Waals surface area contributed by atoms with Crippen molar-refractivity contribution in [3.8, 4) is 5.75 Å². The largest absolute Gasteiger partial charge is 0.505 e. The molecule has 3 heteroatoms. The Morgan fingerprint density at radius 2 is 1.62 bits per heavy atom. The molecule has 0 unspecified atom stereocenters. The van der Waals surface area contributed by atoms with Crippen molar-refractivity contribution >= 4 is 22.1 Å². The molecule has 0 amide bonds. The van der Waals surface area contributed by atoms with Crippen LogP contribution in [0.15, 0.2) is 30.3 Å². The lowest BCUT2D eigenvalue weighted by Crippen LogP contribution is -1.89. The topological polar surface area (TPSA) is 72.3 Å². The summed E-state index contributed by atoms with van der Waals surface area (Å²) in [6.07, 6.45) is 0. The molecule has 0 aliphatic carbocycles. The van der Waals surface area contributed by atoms with E-state index in [0.717, 1.165) is 5.39 Å². The molecule has 2 aromatic carbocycles. The second kappa shape index (κ2) is 2.55. The summed E-state index contributed by atoms with van der Waals surface area (Å²) in [6, 6.07) is 8.82. The molecule has 66 valence electrons. The maximum absolute atomic E-state index is 9.60. The average molecular weight is 174 g/mol. The Bertz CT molecular complexity index is 466. The minimum Gasteiger partial charge on any atom is -0.505 e. The highest BCUT2D eigenvalue weighted by Gasteiger charge is 2.04. The SMILES string of the molecule is Nc1ccc2c(N)cccc2c1O. The Kier molecular flexibility index (Phi) is 1.52. The predicted molar refractivity (Wildman–Crippen MR) is 54.4 cm³/mol. The molecule has 5 N–H and O–H groups in total. The number of aromatic hydroxyl groups is 1. The highest BCUT2D eigenvalue weighted by atomic mass is 16.3. The number of hydrogen-bond donors (Lipinski definition) is 3. The summed E-state index contributed by atoms with van der Waals surface area (Å²) in [7, 11) is 0. The number of rotatable bonds is 0. The Hall–Kier alpha value is -1.90. The van der Waals surface area contributed by atoms with Gasteiger partial charge in [0.25, 0.3) is 0 Å². The summed E-state index contributed by atoms with van der Waals surface area (Å²) in [5, 5.41) is 11.1. The quantitative estimate of drug-likeness (QED) is 0.420. The minimum atomic E-state index is 0.102. The van der Waals surface area contributed by atoms with Crippen molar-refractivity contribution in [1.82, 2.24) is 0 Å². The van der Waals surface area contributed by atoms with E-state index in [-0.39, 0.29) is 5.75 Å². The molecular weight excluding hydrogens is 164 g/mol. The smallest absolute Gasteiger partial charge is 0.146 e. The first-order chi connectivity index (χ1) is 6.20. The molecule has 0 fully saturated rings. The van der Waals surface area contributed by atoms with E-state index in [4.69, 9.17) is 11.5 Å². The summed E-state index contributed by atoms with van der Waals surface area (Å²) < 4.78 is 0. The average Bonchev–Trinajstić information content (AvgIpc) is 2.12. The maximum atomic E-state index is 9.60. The molecule has 2 aromatic rings. The fourth-order valence-electron chi connectivity index (χ4n) is 1.38. The van der Waals surface area contributed by atoms with Crippen molar-refractivity contribution in [3.05, 3.63) is 30.3 Å². The van der Waals surface area contributed by atoms with Crippen LogP contribution in [0.25, 0.3) is 10.8 Å². The summed E-state index contributed by atoms with van der Waals surface area (Å²) in [4.78, 5) is 0. The van der Waals surface area contributed by atoms with Crippen LogP contribution in [0.4, 0.5) is 11.4 Å². The van der Waals surface area contributed by atoms with Gasteiger partial charge in [0.2, 0.25) is 0 Å². The van der Waals surface area contributed by atoms with Crippen molar-refractivity contribution in [2.24, 2.45) is 0 Å². The fraction of sp³-hybridized carbons (Fsp3) is 0. The number of nitrogen functional groups attached to an aromatic ring is 2. The van der Waals surface area contributed by atoms with Gasteiger partial charge in [-0.1, -0.05) is 12.1 Å². The summed E-state index contributed by atoms with van der Waals surface area (Å²) in [5.74, 6) is 0.102. The zero-order valence-corrected chi connectivity index (χ0v) is 6.99. The molecule has 0 bridgehead atoms. The lowest BCUT2D eigenvalue weighted by atomic mass is 10.1. The molecule has 0 aliphatic rings. The molecule has 0 spiro atoms. The van der Waals surface area contributed by atoms with Crippen LogP contribution >= 0.6 is 0 Å². The first kappa shape index (κ1) is 7.73. The van der Waals surface area contributed by atoms with E-state index in [0.29, 0.717) is 16.8 Å². The van der Waals surface area contributed by atoms with Gasteiger partial charge in [-0.2, -0.15) is 0 Å². The number of phenolic OH excluding ortho intramolecular Hbond substituents is 1. The third-order valence-corrected chi connectivity index (χ3v) is 2.10. The van der Waals surface area contributed by atoms with E-state index in [2.05, 4.69) is 0 Å². The number of nitrogens with two attached hydrogens (primary N) is 2. The van der Waals surface area contributed by atoms with Crippen molar-refractivity contribution in [2.75, 3.05) is 11.5 Å². The Morgan fingerprint density at radius 1 is 0.846 bits per heavy atom. The van der Waals surface area contributed by atoms with E-state index in [9.17, 15) is 5.11 Å². The van der Waals surface area contributed by atoms with Crippen molar-refractivity contribution in [2.45, 2.75) is 0 Å². The van der Waals surface area contributed by atoms with Gasteiger partial charge in [-0.25, -0.2) is 0 Å². The van der Waals surface area contributed by atoms with E-state index in [1.54, 1.807) is 30.3 Å². The number of phenols is 1. The zero-order valence-electron chi connectivity index (χ0n) is 6.99. The highest BCUT2D eigenvalue weighted by Crippen LogP contribution is 2.32. The lowest BCUT2D eigenvalue weighted by molar-refractivity contribution is 0.484. The molecule has 0 saturated carbocycles. The van der Waals surface area contributed by atoms with Gasteiger partial charge in [-0.05, 0) is 18.2 Å². The number of fused-ring (bicyclic) bond motifs is 1. The molecule has 0 aromatic heterocycles. The third kappa shape index (κ3) is 1.05. The van der Waals surface area contributed by atoms with Crippen LogP contribution in [-0.4, -0.2) is 5.11 Å². The number of hydrogen-bond acceptors (Lipinski definition) is 3. The van der Waals surface area contributed by atoms with E-state index in [1.807, 2.05) is 0 Å². The number of benzene rings is 2. The molecule has 0 radical (unpaired) electrons. The van der Waals surface area contributed by atoms with Gasteiger partial charge in [0.15, 0.2) is 0 Å². The van der Waals surface area contributed by atoms with Gasteiger partial charge in [0.1, 0.15) is 5.75 Å². The van der Waals surface area contributed by atoms with E-state index >= 15 is 0 Å². The van der Waals surface area contributed by atoms with Gasteiger partial charge < -0.3 is 16.6 Å². The molecule has 0 aliphatic heterocycles. The molecule has 2 rings (SSSR count). The predicted octanol–water partition coefficient (Wildman–Crippen LogP) is 1.71. The van der Waals surface area contributed by atoms with Gasteiger partial charge in [0.05, 0.1) is 5.69 Å². The Labute approximate surface area is 75.6 Å². The highest BCUT2D eigenvalue weighted by molar-refractivity contribution is 5.99. The number of anilines is 2. The lowest BCUT2D eigenvalue weighted by Gasteiger charge is -2.05. The van der Waals surface area contributed by atoms with Gasteiger partial charge in [-0.3, -0.25) is 0 Å². The summed E-state index contributed by atoms with van der Waals surface area (Å²) in [6.45, 7) is 0. The first-order valence-electron chi connectivity index (χ1n) is 3.96. The van der Waals surface area contributed by atoms with Gasteiger partial charge in [0, 0.05) is 16.5 Å². The first-order valence-corrected chi connectivity index (χ1v) is 3.96. The third-order valence-electron chi connectivity index (χ3n) is 2.10. The van der Waals surface area contributed by atoms with E-state index in [1.165, 1.54) is 0 Å². The van der Waals surface area contributed by atoms with Crippen LogP contribution in [0.2, 0.25) is 0 Å². The van der Waals surface area contributed by atoms with Crippen molar-refractivity contribution in [1.29, 1.82) is 0 Å². The molecule has 3 nitrogen and oxygen atoms in total. The van der Waals surface area contributed by atoms with E-state index < -0.39 is 0 Å². The second-order valence-corrected chi connectivity index (χ2v) is 2.95. The van der Waals surface area contributed by atoms with Crippen LogP contribution in [0, 0.1) is 0 Å². The van der Waals surface area contributed by atoms with Crippen LogP contribution in [0.5, 0.6) is 5.75 Å². The van der Waals surface area contributed by atoms with Crippen molar-refractivity contribution in [3.63, 3.8) is 0 Å². The monoisotopic (exact) mass is 174 g/mol. The standard InChI is InChI=1S/C10H10N2O/c11-8-3-1-2-7-6(8)4-5-9(12)10(7)13/h1-5,13H,11-12H2. The molecule has 0 heterocycles.